The first-order valence-corrected chi connectivity index (χ1v) is 8.69. The Hall–Kier alpha value is -3.81. The summed E-state index contributed by atoms with van der Waals surface area (Å²) in [5, 5.41) is 5.77. The Bertz CT molecular complexity index is 946. The van der Waals surface area contributed by atoms with E-state index < -0.39 is 5.97 Å². The van der Waals surface area contributed by atoms with Crippen molar-refractivity contribution in [2.24, 2.45) is 0 Å². The van der Waals surface area contributed by atoms with Gasteiger partial charge in [-0.3, -0.25) is 9.78 Å². The number of hydrogen-bond donors (Lipinski definition) is 2. The maximum absolute atomic E-state index is 12.2. The third-order valence-corrected chi connectivity index (χ3v) is 3.79. The van der Waals surface area contributed by atoms with Gasteiger partial charge in [-0.25, -0.2) is 14.8 Å². The number of carbonyl (C=O) groups is 2. The molecule has 1 aromatic carbocycles. The van der Waals surface area contributed by atoms with Gasteiger partial charge in [0.05, 0.1) is 23.4 Å². The molecule has 0 aliphatic carbocycles. The lowest BCUT2D eigenvalue weighted by Crippen LogP contribution is -2.23. The second kappa shape index (κ2) is 9.22. The number of carbonyl (C=O) groups excluding carboxylic acids is 2. The van der Waals surface area contributed by atoms with Gasteiger partial charge in [-0.05, 0) is 36.8 Å². The normalized spacial score (nSPS) is 10.2. The van der Waals surface area contributed by atoms with Gasteiger partial charge in [0.2, 0.25) is 5.95 Å². The van der Waals surface area contributed by atoms with Gasteiger partial charge in [-0.15, -0.1) is 0 Å². The minimum Gasteiger partial charge on any atom is -0.462 e. The molecule has 2 aromatic heterocycles. The van der Waals surface area contributed by atoms with Crippen LogP contribution >= 0.6 is 0 Å². The van der Waals surface area contributed by atoms with Crippen molar-refractivity contribution in [3.05, 3.63) is 77.9 Å². The van der Waals surface area contributed by atoms with E-state index in [4.69, 9.17) is 4.74 Å². The number of para-hydroxylation sites is 1. The first-order valence-electron chi connectivity index (χ1n) is 8.69. The van der Waals surface area contributed by atoms with Gasteiger partial charge in [-0.1, -0.05) is 12.1 Å². The second-order valence-electron chi connectivity index (χ2n) is 5.72. The Morgan fingerprint density at radius 2 is 1.75 bits per heavy atom. The summed E-state index contributed by atoms with van der Waals surface area (Å²) in [4.78, 5) is 36.5. The average molecular weight is 377 g/mol. The molecule has 0 radical (unpaired) electrons. The lowest BCUT2D eigenvalue weighted by atomic mass is 10.2. The number of pyridine rings is 1. The molecule has 0 atom stereocenters. The molecular formula is C20H19N5O3. The summed E-state index contributed by atoms with van der Waals surface area (Å²) >= 11 is 0. The fourth-order valence-electron chi connectivity index (χ4n) is 2.39. The molecule has 2 heterocycles. The Morgan fingerprint density at radius 3 is 2.46 bits per heavy atom. The van der Waals surface area contributed by atoms with E-state index in [0.717, 1.165) is 5.56 Å². The summed E-state index contributed by atoms with van der Waals surface area (Å²) in [6.45, 7) is 2.41. The highest BCUT2D eigenvalue weighted by atomic mass is 16.5. The van der Waals surface area contributed by atoms with Gasteiger partial charge < -0.3 is 15.4 Å². The molecule has 2 N–H and O–H groups in total. The van der Waals surface area contributed by atoms with E-state index in [1.165, 1.54) is 12.4 Å². The number of aromatic nitrogens is 3. The van der Waals surface area contributed by atoms with Crippen LogP contribution in [0.2, 0.25) is 0 Å². The number of nitrogens with one attached hydrogen (secondary N) is 2. The molecule has 0 saturated carbocycles. The average Bonchev–Trinajstić information content (AvgIpc) is 2.74. The summed E-state index contributed by atoms with van der Waals surface area (Å²) in [6, 6.07) is 10.6. The SMILES string of the molecule is CCOC(=O)c1ccccc1Nc1ncc(C(=O)NCc2ccncc2)cn1. The molecule has 3 rings (SSSR count). The Balaban J connectivity index is 1.65. The van der Waals surface area contributed by atoms with Crippen molar-refractivity contribution in [2.75, 3.05) is 11.9 Å². The van der Waals surface area contributed by atoms with Gasteiger partial charge in [0.25, 0.3) is 5.91 Å². The van der Waals surface area contributed by atoms with Crippen LogP contribution in [0, 0.1) is 0 Å². The number of nitrogens with zero attached hydrogens (tertiary/aromatic N) is 3. The van der Waals surface area contributed by atoms with Gasteiger partial charge in [0.15, 0.2) is 0 Å². The van der Waals surface area contributed by atoms with Crippen LogP contribution in [0.3, 0.4) is 0 Å². The van der Waals surface area contributed by atoms with Crippen LogP contribution in [0.25, 0.3) is 0 Å². The molecular weight excluding hydrogens is 358 g/mol. The number of benzene rings is 1. The Morgan fingerprint density at radius 1 is 1.04 bits per heavy atom. The van der Waals surface area contributed by atoms with Crippen molar-refractivity contribution in [3.8, 4) is 0 Å². The van der Waals surface area contributed by atoms with E-state index in [9.17, 15) is 9.59 Å². The molecule has 0 aliphatic heterocycles. The largest absolute Gasteiger partial charge is 0.462 e. The second-order valence-corrected chi connectivity index (χ2v) is 5.72. The predicted molar refractivity (Wildman–Crippen MR) is 103 cm³/mol. The van der Waals surface area contributed by atoms with Crippen LogP contribution in [0.5, 0.6) is 0 Å². The number of hydrogen-bond acceptors (Lipinski definition) is 7. The van der Waals surface area contributed by atoms with Crippen molar-refractivity contribution < 1.29 is 14.3 Å². The van der Waals surface area contributed by atoms with Crippen molar-refractivity contribution >= 4 is 23.5 Å². The number of ether oxygens (including phenoxy) is 1. The summed E-state index contributed by atoms with van der Waals surface area (Å²) in [7, 11) is 0. The Labute approximate surface area is 162 Å². The number of anilines is 2. The number of amides is 1. The van der Waals surface area contributed by atoms with Gasteiger partial charge in [0.1, 0.15) is 0 Å². The molecule has 0 aliphatic rings. The zero-order chi connectivity index (χ0) is 19.8. The van der Waals surface area contributed by atoms with Crippen LogP contribution in [-0.2, 0) is 11.3 Å². The fraction of sp³-hybridized carbons (Fsp3) is 0.150. The van der Waals surface area contributed by atoms with Crippen molar-refractivity contribution in [3.63, 3.8) is 0 Å². The maximum Gasteiger partial charge on any atom is 0.340 e. The molecule has 0 fully saturated rings. The fourth-order valence-corrected chi connectivity index (χ4v) is 2.39. The number of rotatable bonds is 7. The molecule has 0 spiro atoms. The first-order chi connectivity index (χ1) is 13.7. The van der Waals surface area contributed by atoms with E-state index >= 15 is 0 Å². The zero-order valence-electron chi connectivity index (χ0n) is 15.3. The van der Waals surface area contributed by atoms with Crippen molar-refractivity contribution in [2.45, 2.75) is 13.5 Å². The van der Waals surface area contributed by atoms with Gasteiger partial charge in [0, 0.05) is 31.3 Å². The van der Waals surface area contributed by atoms with Crippen molar-refractivity contribution in [1.29, 1.82) is 0 Å². The summed E-state index contributed by atoms with van der Waals surface area (Å²) in [5.41, 5.74) is 2.18. The molecule has 28 heavy (non-hydrogen) atoms. The smallest absolute Gasteiger partial charge is 0.340 e. The maximum atomic E-state index is 12.2. The van der Waals surface area contributed by atoms with Gasteiger partial charge >= 0.3 is 5.97 Å². The molecule has 3 aromatic rings. The van der Waals surface area contributed by atoms with E-state index in [1.807, 2.05) is 12.1 Å². The van der Waals surface area contributed by atoms with E-state index in [0.29, 0.717) is 23.4 Å². The molecule has 0 saturated heterocycles. The van der Waals surface area contributed by atoms with Gasteiger partial charge in [-0.2, -0.15) is 0 Å². The summed E-state index contributed by atoms with van der Waals surface area (Å²) in [5.74, 6) is -0.449. The van der Waals surface area contributed by atoms with Crippen molar-refractivity contribution in [1.82, 2.24) is 20.3 Å². The highest BCUT2D eigenvalue weighted by Crippen LogP contribution is 2.19. The summed E-state index contributed by atoms with van der Waals surface area (Å²) in [6.07, 6.45) is 6.17. The highest BCUT2D eigenvalue weighted by Gasteiger charge is 2.13. The first kappa shape index (κ1) is 19.0. The lowest BCUT2D eigenvalue weighted by molar-refractivity contribution is 0.0527. The van der Waals surface area contributed by atoms with Crippen LogP contribution in [0.1, 0.15) is 33.2 Å². The standard InChI is InChI=1S/C20H19N5O3/c1-2-28-19(27)16-5-3-4-6-17(16)25-20-23-12-15(13-24-20)18(26)22-11-14-7-9-21-10-8-14/h3-10,12-13H,2,11H2,1H3,(H,22,26)(H,23,24,25). The highest BCUT2D eigenvalue weighted by molar-refractivity contribution is 5.96. The van der Waals surface area contributed by atoms with Crippen LogP contribution in [-0.4, -0.2) is 33.4 Å². The molecule has 0 unspecified atom stereocenters. The quantitative estimate of drug-likeness (QED) is 0.610. The van der Waals surface area contributed by atoms with Crippen LogP contribution in [0.4, 0.5) is 11.6 Å². The van der Waals surface area contributed by atoms with E-state index in [2.05, 4.69) is 25.6 Å². The molecule has 1 amide bonds. The third-order valence-electron chi connectivity index (χ3n) is 3.79. The van der Waals surface area contributed by atoms with Crippen LogP contribution < -0.4 is 10.6 Å². The van der Waals surface area contributed by atoms with E-state index in [-0.39, 0.29) is 18.5 Å². The van der Waals surface area contributed by atoms with E-state index in [1.54, 1.807) is 43.6 Å². The molecule has 142 valence electrons. The third kappa shape index (κ3) is 4.88. The monoisotopic (exact) mass is 377 g/mol. The minimum absolute atomic E-state index is 0.266. The molecule has 8 heteroatoms. The zero-order valence-corrected chi connectivity index (χ0v) is 15.3. The lowest BCUT2D eigenvalue weighted by Gasteiger charge is -2.10. The predicted octanol–water partition coefficient (Wildman–Crippen LogP) is 2.72. The van der Waals surface area contributed by atoms with Crippen LogP contribution in [0.15, 0.2) is 61.2 Å². The number of esters is 1. The minimum atomic E-state index is -0.433. The summed E-state index contributed by atoms with van der Waals surface area (Å²) < 4.78 is 5.04. The topological polar surface area (TPSA) is 106 Å². The molecule has 8 nitrogen and oxygen atoms in total. The molecule has 0 bridgehead atoms. The Kier molecular flexibility index (Phi) is 6.25.